The Morgan fingerprint density at radius 3 is 2.94 bits per heavy atom. The first-order valence-corrected chi connectivity index (χ1v) is 7.75. The minimum absolute atomic E-state index is 0.0789. The minimum atomic E-state index is -3.06. The fourth-order valence-corrected chi connectivity index (χ4v) is 2.80. The van der Waals surface area contributed by atoms with Gasteiger partial charge in [-0.25, -0.2) is 18.4 Å². The first-order chi connectivity index (χ1) is 7.99. The lowest BCUT2D eigenvalue weighted by molar-refractivity contribution is 0.486. The summed E-state index contributed by atoms with van der Waals surface area (Å²) in [5, 5.41) is 3.23. The van der Waals surface area contributed by atoms with Crippen LogP contribution in [0.25, 0.3) is 0 Å². The fraction of sp³-hybridized carbons (Fsp3) is 0.636. The summed E-state index contributed by atoms with van der Waals surface area (Å²) in [6.07, 6.45) is 6.04. The maximum atomic E-state index is 11.2. The fourth-order valence-electron chi connectivity index (χ4n) is 2.19. The van der Waals surface area contributed by atoms with Crippen LogP contribution in [0.5, 0.6) is 0 Å². The van der Waals surface area contributed by atoms with E-state index in [-0.39, 0.29) is 5.75 Å². The molecule has 0 aromatic carbocycles. The molecule has 0 amide bonds. The molecule has 6 heteroatoms. The molecule has 1 heterocycles. The normalized spacial score (nSPS) is 20.0. The van der Waals surface area contributed by atoms with Crippen LogP contribution >= 0.6 is 0 Å². The van der Waals surface area contributed by atoms with Gasteiger partial charge in [-0.1, -0.05) is 0 Å². The molecule has 1 unspecified atom stereocenters. The highest BCUT2D eigenvalue weighted by atomic mass is 32.2. The van der Waals surface area contributed by atoms with Crippen molar-refractivity contribution in [2.75, 3.05) is 13.3 Å². The summed E-state index contributed by atoms with van der Waals surface area (Å²) in [5.41, 5.74) is 2.10. The highest BCUT2D eigenvalue weighted by Gasteiger charge is 2.21. The third-order valence-corrected chi connectivity index (χ3v) is 3.75. The predicted molar refractivity (Wildman–Crippen MR) is 65.3 cm³/mol. The number of fused-ring (bicyclic) bond motifs is 1. The number of hydrogen-bond acceptors (Lipinski definition) is 5. The van der Waals surface area contributed by atoms with Crippen molar-refractivity contribution < 1.29 is 8.42 Å². The lowest BCUT2D eigenvalue weighted by Gasteiger charge is -2.24. The Balaban J connectivity index is 2.31. The van der Waals surface area contributed by atoms with Crippen LogP contribution in [-0.2, 0) is 22.0 Å². The minimum Gasteiger partial charge on any atom is -0.313 e. The Kier molecular flexibility index (Phi) is 3.44. The molecule has 5 nitrogen and oxygen atoms in total. The average Bonchev–Trinajstić information content (AvgIpc) is 2.25. The van der Waals surface area contributed by atoms with E-state index in [1.54, 1.807) is 6.20 Å². The molecule has 0 radical (unpaired) electrons. The van der Waals surface area contributed by atoms with Gasteiger partial charge in [-0.2, -0.15) is 0 Å². The second-order valence-electron chi connectivity index (χ2n) is 4.49. The van der Waals surface area contributed by atoms with Crippen molar-refractivity contribution in [2.45, 2.75) is 31.1 Å². The SMILES string of the molecule is CNC1CCCc2nc(CS(C)(=O)=O)ncc21. The number of sulfone groups is 1. The molecular formula is C11H17N3O2S. The summed E-state index contributed by atoms with van der Waals surface area (Å²) in [6, 6.07) is 0.297. The average molecular weight is 255 g/mol. The van der Waals surface area contributed by atoms with Crippen LogP contribution in [0, 0.1) is 0 Å². The van der Waals surface area contributed by atoms with Gasteiger partial charge in [-0.15, -0.1) is 0 Å². The Morgan fingerprint density at radius 2 is 2.29 bits per heavy atom. The Labute approximate surface area is 102 Å². The van der Waals surface area contributed by atoms with Gasteiger partial charge in [0, 0.05) is 29.8 Å². The van der Waals surface area contributed by atoms with Crippen LogP contribution in [-0.4, -0.2) is 31.7 Å². The molecule has 1 N–H and O–H groups in total. The monoisotopic (exact) mass is 255 g/mol. The molecule has 0 bridgehead atoms. The summed E-state index contributed by atoms with van der Waals surface area (Å²) < 4.78 is 22.4. The van der Waals surface area contributed by atoms with E-state index in [0.717, 1.165) is 30.5 Å². The largest absolute Gasteiger partial charge is 0.313 e. The molecule has 0 saturated carbocycles. The summed E-state index contributed by atoms with van der Waals surface area (Å²) in [7, 11) is -1.14. The molecule has 17 heavy (non-hydrogen) atoms. The van der Waals surface area contributed by atoms with Gasteiger partial charge in [0.05, 0.1) is 0 Å². The Hall–Kier alpha value is -1.01. The number of nitrogens with one attached hydrogen (secondary N) is 1. The predicted octanol–water partition coefficient (Wildman–Crippen LogP) is 0.618. The lowest BCUT2D eigenvalue weighted by Crippen LogP contribution is -2.23. The quantitative estimate of drug-likeness (QED) is 0.857. The van der Waals surface area contributed by atoms with Gasteiger partial charge in [0.25, 0.3) is 0 Å². The van der Waals surface area contributed by atoms with Crippen molar-refractivity contribution >= 4 is 9.84 Å². The zero-order chi connectivity index (χ0) is 12.5. The highest BCUT2D eigenvalue weighted by molar-refractivity contribution is 7.89. The molecule has 1 aliphatic carbocycles. The van der Waals surface area contributed by atoms with E-state index in [2.05, 4.69) is 15.3 Å². The molecule has 0 aliphatic heterocycles. The Bertz CT molecular complexity index is 513. The van der Waals surface area contributed by atoms with Gasteiger partial charge < -0.3 is 5.32 Å². The molecule has 94 valence electrons. The number of aromatic nitrogens is 2. The molecule has 0 spiro atoms. The maximum Gasteiger partial charge on any atom is 0.154 e. The van der Waals surface area contributed by atoms with Crippen molar-refractivity contribution in [1.29, 1.82) is 0 Å². The summed E-state index contributed by atoms with van der Waals surface area (Å²) in [4.78, 5) is 8.51. The zero-order valence-corrected chi connectivity index (χ0v) is 10.9. The van der Waals surface area contributed by atoms with Crippen LogP contribution in [0.1, 0.15) is 36.0 Å². The molecule has 1 atom stereocenters. The van der Waals surface area contributed by atoms with Gasteiger partial charge in [-0.3, -0.25) is 0 Å². The van der Waals surface area contributed by atoms with Crippen LogP contribution in [0.2, 0.25) is 0 Å². The number of hydrogen-bond donors (Lipinski definition) is 1. The van der Waals surface area contributed by atoms with Gasteiger partial charge >= 0.3 is 0 Å². The van der Waals surface area contributed by atoms with E-state index in [0.29, 0.717) is 11.9 Å². The van der Waals surface area contributed by atoms with Crippen molar-refractivity contribution in [3.05, 3.63) is 23.3 Å². The van der Waals surface area contributed by atoms with Gasteiger partial charge in [0.1, 0.15) is 11.6 Å². The number of nitrogens with zero attached hydrogens (tertiary/aromatic N) is 2. The summed E-state index contributed by atoms with van der Waals surface area (Å²) in [5.74, 6) is 0.327. The number of aryl methyl sites for hydroxylation is 1. The molecule has 1 aromatic rings. The van der Waals surface area contributed by atoms with E-state index in [9.17, 15) is 8.42 Å². The zero-order valence-electron chi connectivity index (χ0n) is 10.1. The molecule has 2 rings (SSSR count). The van der Waals surface area contributed by atoms with Crippen molar-refractivity contribution in [3.63, 3.8) is 0 Å². The molecule has 0 fully saturated rings. The molecular weight excluding hydrogens is 238 g/mol. The first-order valence-electron chi connectivity index (χ1n) is 5.69. The highest BCUT2D eigenvalue weighted by Crippen LogP contribution is 2.27. The van der Waals surface area contributed by atoms with Crippen LogP contribution < -0.4 is 5.32 Å². The third kappa shape index (κ3) is 3.01. The summed E-state index contributed by atoms with van der Waals surface area (Å²) in [6.45, 7) is 0. The second kappa shape index (κ2) is 4.70. The van der Waals surface area contributed by atoms with E-state index in [4.69, 9.17) is 0 Å². The second-order valence-corrected chi connectivity index (χ2v) is 6.63. The third-order valence-electron chi connectivity index (χ3n) is 2.97. The van der Waals surface area contributed by atoms with Gasteiger partial charge in [-0.05, 0) is 26.3 Å². The van der Waals surface area contributed by atoms with Crippen LogP contribution in [0.3, 0.4) is 0 Å². The number of rotatable bonds is 3. The van der Waals surface area contributed by atoms with Gasteiger partial charge in [0.15, 0.2) is 9.84 Å². The molecule has 1 aliphatic rings. The van der Waals surface area contributed by atoms with Crippen LogP contribution in [0.4, 0.5) is 0 Å². The van der Waals surface area contributed by atoms with Crippen molar-refractivity contribution in [1.82, 2.24) is 15.3 Å². The molecule has 1 aromatic heterocycles. The molecule has 0 saturated heterocycles. The first kappa shape index (κ1) is 12.4. The summed E-state index contributed by atoms with van der Waals surface area (Å²) >= 11 is 0. The Morgan fingerprint density at radius 1 is 1.53 bits per heavy atom. The van der Waals surface area contributed by atoms with E-state index < -0.39 is 9.84 Å². The van der Waals surface area contributed by atoms with E-state index in [1.165, 1.54) is 6.26 Å². The lowest BCUT2D eigenvalue weighted by atomic mass is 9.92. The smallest absolute Gasteiger partial charge is 0.154 e. The van der Waals surface area contributed by atoms with Gasteiger partial charge in [0.2, 0.25) is 0 Å². The van der Waals surface area contributed by atoms with Crippen LogP contribution in [0.15, 0.2) is 6.20 Å². The van der Waals surface area contributed by atoms with Crippen molar-refractivity contribution in [3.8, 4) is 0 Å². The topological polar surface area (TPSA) is 72.0 Å². The maximum absolute atomic E-state index is 11.2. The standard InChI is InChI=1S/C11H17N3O2S/c1-12-9-4-3-5-10-8(9)6-13-11(14-10)7-17(2,15)16/h6,9,12H,3-5,7H2,1-2H3. The van der Waals surface area contributed by atoms with E-state index >= 15 is 0 Å². The van der Waals surface area contributed by atoms with E-state index in [1.807, 2.05) is 7.05 Å². The van der Waals surface area contributed by atoms with Crippen molar-refractivity contribution in [2.24, 2.45) is 0 Å².